The molecule has 0 fully saturated rings. The Bertz CT molecular complexity index is 1820. The van der Waals surface area contributed by atoms with Crippen LogP contribution >= 0.6 is 11.6 Å². The second kappa shape index (κ2) is 14.9. The van der Waals surface area contributed by atoms with E-state index in [9.17, 15) is 22.4 Å². The summed E-state index contributed by atoms with van der Waals surface area (Å²) >= 11 is 6.53. The van der Waals surface area contributed by atoms with E-state index in [0.29, 0.717) is 22.9 Å². The fourth-order valence-electron chi connectivity index (χ4n) is 5.19. The first-order valence-electron chi connectivity index (χ1n) is 15.1. The zero-order valence-electron chi connectivity index (χ0n) is 25.9. The number of sulfonamides is 1. The highest BCUT2D eigenvalue weighted by Crippen LogP contribution is 2.34. The first-order chi connectivity index (χ1) is 22.5. The highest BCUT2D eigenvalue weighted by Gasteiger charge is 2.35. The first kappa shape index (κ1) is 33.7. The lowest BCUT2D eigenvalue weighted by Crippen LogP contribution is -2.54. The van der Waals surface area contributed by atoms with Crippen LogP contribution in [0.2, 0.25) is 5.02 Å². The Balaban J connectivity index is 1.58. The molecule has 0 saturated heterocycles. The zero-order chi connectivity index (χ0) is 33.6. The van der Waals surface area contributed by atoms with Gasteiger partial charge in [0.05, 0.1) is 10.6 Å². The number of nitrogens with one attached hydrogen (secondary N) is 1. The van der Waals surface area contributed by atoms with Gasteiger partial charge in [-0.05, 0) is 67.4 Å². The Labute approximate surface area is 278 Å². The molecule has 0 saturated carbocycles. The average molecular weight is 680 g/mol. The normalized spacial score (nSPS) is 13.1. The van der Waals surface area contributed by atoms with Crippen molar-refractivity contribution in [2.45, 2.75) is 43.8 Å². The second-order valence-corrected chi connectivity index (χ2v) is 13.5. The predicted octanol–water partition coefficient (Wildman–Crippen LogP) is 5.61. The summed E-state index contributed by atoms with van der Waals surface area (Å²) in [5.41, 5.74) is 1.42. The molecule has 0 spiro atoms. The number of carbonyl (C=O) groups is 2. The Morgan fingerprint density at radius 1 is 0.894 bits per heavy atom. The predicted molar refractivity (Wildman–Crippen MR) is 178 cm³/mol. The Kier molecular flexibility index (Phi) is 10.7. The van der Waals surface area contributed by atoms with E-state index in [2.05, 4.69) is 5.32 Å². The van der Waals surface area contributed by atoms with E-state index in [1.54, 1.807) is 24.3 Å². The summed E-state index contributed by atoms with van der Waals surface area (Å²) in [6, 6.07) is 23.9. The Hall–Kier alpha value is -4.61. The van der Waals surface area contributed by atoms with Crippen molar-refractivity contribution in [3.05, 3.63) is 119 Å². The third-order valence-electron chi connectivity index (χ3n) is 7.50. The standard InChI is InChI=1S/C35H35ClFN3O6S/c1-24(2)38-35(42)31(20-25-8-4-3-5-9-25)39(22-26-10-6-7-11-30(26)36)34(41)23-40(28-14-12-27(37)13-15-28)47(43,44)29-16-17-32-33(21-29)46-19-18-45-32/h3-17,21,24,31H,18-20,22-23H2,1-2H3,(H,38,42)/t31-/m1/s1. The molecule has 246 valence electrons. The number of nitrogens with zero attached hydrogens (tertiary/aromatic N) is 2. The molecule has 0 aliphatic carbocycles. The lowest BCUT2D eigenvalue weighted by Gasteiger charge is -2.34. The summed E-state index contributed by atoms with van der Waals surface area (Å²) in [5, 5.41) is 3.29. The van der Waals surface area contributed by atoms with Crippen molar-refractivity contribution < 1.29 is 31.9 Å². The summed E-state index contributed by atoms with van der Waals surface area (Å²) in [4.78, 5) is 29.5. The first-order valence-corrected chi connectivity index (χ1v) is 16.9. The molecule has 0 aromatic heterocycles. The van der Waals surface area contributed by atoms with Crippen molar-refractivity contribution in [2.75, 3.05) is 24.1 Å². The fourth-order valence-corrected chi connectivity index (χ4v) is 6.82. The van der Waals surface area contributed by atoms with E-state index in [0.717, 1.165) is 22.0 Å². The third kappa shape index (κ3) is 8.22. The van der Waals surface area contributed by atoms with Crippen LogP contribution in [0.4, 0.5) is 10.1 Å². The highest BCUT2D eigenvalue weighted by molar-refractivity contribution is 7.92. The summed E-state index contributed by atoms with van der Waals surface area (Å²) in [5.74, 6) is -1.02. The smallest absolute Gasteiger partial charge is 0.264 e. The number of hydrogen-bond donors (Lipinski definition) is 1. The molecule has 2 amide bonds. The van der Waals surface area contributed by atoms with Crippen molar-refractivity contribution in [1.29, 1.82) is 0 Å². The van der Waals surface area contributed by atoms with E-state index < -0.39 is 40.2 Å². The van der Waals surface area contributed by atoms with Crippen LogP contribution in [0.5, 0.6) is 11.5 Å². The van der Waals surface area contributed by atoms with Crippen LogP contribution in [0.15, 0.2) is 102 Å². The maximum absolute atomic E-state index is 14.5. The minimum absolute atomic E-state index is 0.0542. The van der Waals surface area contributed by atoms with Crippen LogP contribution in [-0.2, 0) is 32.6 Å². The molecule has 0 unspecified atom stereocenters. The molecule has 1 N–H and O–H groups in total. The van der Waals surface area contributed by atoms with Gasteiger partial charge < -0.3 is 19.7 Å². The summed E-state index contributed by atoms with van der Waals surface area (Å²) in [6.45, 7) is 3.41. The minimum Gasteiger partial charge on any atom is -0.486 e. The van der Waals surface area contributed by atoms with Crippen molar-refractivity contribution >= 4 is 39.1 Å². The van der Waals surface area contributed by atoms with Gasteiger partial charge in [-0.2, -0.15) is 0 Å². The number of anilines is 1. The van der Waals surface area contributed by atoms with Crippen LogP contribution in [0.25, 0.3) is 0 Å². The molecule has 9 nitrogen and oxygen atoms in total. The van der Waals surface area contributed by atoms with Crippen LogP contribution in [-0.4, -0.2) is 57.0 Å². The molecular formula is C35H35ClFN3O6S. The van der Waals surface area contributed by atoms with Gasteiger partial charge in [0.25, 0.3) is 10.0 Å². The number of benzene rings is 4. The Morgan fingerprint density at radius 3 is 2.23 bits per heavy atom. The summed E-state index contributed by atoms with van der Waals surface area (Å²) in [7, 11) is -4.43. The van der Waals surface area contributed by atoms with E-state index in [1.807, 2.05) is 44.2 Å². The zero-order valence-corrected chi connectivity index (χ0v) is 27.5. The number of hydrogen-bond acceptors (Lipinski definition) is 6. The monoisotopic (exact) mass is 679 g/mol. The number of carbonyl (C=O) groups excluding carboxylic acids is 2. The highest BCUT2D eigenvalue weighted by atomic mass is 35.5. The van der Waals surface area contributed by atoms with Gasteiger partial charge in [0.2, 0.25) is 11.8 Å². The van der Waals surface area contributed by atoms with Crippen molar-refractivity contribution in [3.63, 3.8) is 0 Å². The van der Waals surface area contributed by atoms with E-state index in [4.69, 9.17) is 21.1 Å². The number of fused-ring (bicyclic) bond motifs is 1. The van der Waals surface area contributed by atoms with Crippen molar-refractivity contribution in [1.82, 2.24) is 10.2 Å². The van der Waals surface area contributed by atoms with E-state index in [-0.39, 0.29) is 41.9 Å². The molecule has 47 heavy (non-hydrogen) atoms. The largest absolute Gasteiger partial charge is 0.486 e. The van der Waals surface area contributed by atoms with Gasteiger partial charge in [0.1, 0.15) is 31.6 Å². The third-order valence-corrected chi connectivity index (χ3v) is 9.63. The van der Waals surface area contributed by atoms with Gasteiger partial charge in [-0.15, -0.1) is 0 Å². The minimum atomic E-state index is -4.43. The van der Waals surface area contributed by atoms with Crippen LogP contribution in [0, 0.1) is 5.82 Å². The number of ether oxygens (including phenoxy) is 2. The molecule has 4 aromatic carbocycles. The topological polar surface area (TPSA) is 105 Å². The maximum Gasteiger partial charge on any atom is 0.264 e. The second-order valence-electron chi connectivity index (χ2n) is 11.3. The summed E-state index contributed by atoms with van der Waals surface area (Å²) in [6.07, 6.45) is 0.154. The van der Waals surface area contributed by atoms with E-state index >= 15 is 0 Å². The average Bonchev–Trinajstić information content (AvgIpc) is 3.06. The van der Waals surface area contributed by atoms with Gasteiger partial charge in [-0.25, -0.2) is 12.8 Å². The maximum atomic E-state index is 14.5. The summed E-state index contributed by atoms with van der Waals surface area (Å²) < 4.78 is 54.6. The van der Waals surface area contributed by atoms with Gasteiger partial charge in [0, 0.05) is 30.1 Å². The van der Waals surface area contributed by atoms with E-state index in [1.165, 1.54) is 35.2 Å². The van der Waals surface area contributed by atoms with Crippen LogP contribution in [0.1, 0.15) is 25.0 Å². The number of halogens is 2. The number of rotatable bonds is 12. The van der Waals surface area contributed by atoms with Gasteiger partial charge in [-0.1, -0.05) is 60.1 Å². The van der Waals surface area contributed by atoms with Crippen LogP contribution < -0.4 is 19.1 Å². The van der Waals surface area contributed by atoms with Gasteiger partial charge >= 0.3 is 0 Å². The Morgan fingerprint density at radius 2 is 1.55 bits per heavy atom. The molecular weight excluding hydrogens is 645 g/mol. The molecule has 0 bridgehead atoms. The lowest BCUT2D eigenvalue weighted by atomic mass is 10.0. The molecule has 1 atom stereocenters. The molecule has 1 aliphatic heterocycles. The number of amides is 2. The fraction of sp³-hybridized carbons (Fsp3) is 0.257. The molecule has 12 heteroatoms. The molecule has 4 aromatic rings. The van der Waals surface area contributed by atoms with Crippen LogP contribution in [0.3, 0.4) is 0 Å². The van der Waals surface area contributed by atoms with Crippen molar-refractivity contribution in [2.24, 2.45) is 0 Å². The van der Waals surface area contributed by atoms with Crippen molar-refractivity contribution in [3.8, 4) is 11.5 Å². The molecule has 1 heterocycles. The van der Waals surface area contributed by atoms with Gasteiger partial charge in [0.15, 0.2) is 11.5 Å². The van der Waals surface area contributed by atoms with Gasteiger partial charge in [-0.3, -0.25) is 13.9 Å². The lowest BCUT2D eigenvalue weighted by molar-refractivity contribution is -0.140. The molecule has 0 radical (unpaired) electrons. The quantitative estimate of drug-likeness (QED) is 0.209. The molecule has 5 rings (SSSR count). The molecule has 1 aliphatic rings. The SMILES string of the molecule is CC(C)NC(=O)[C@@H](Cc1ccccc1)N(Cc1ccccc1Cl)C(=O)CN(c1ccc(F)cc1)S(=O)(=O)c1ccc2c(c1)OCCO2.